The van der Waals surface area contributed by atoms with Crippen molar-refractivity contribution in [2.45, 2.75) is 19.4 Å². The molecule has 0 spiro atoms. The molecule has 142 valence electrons. The number of nitrogens with one attached hydrogen (secondary N) is 2. The van der Waals surface area contributed by atoms with E-state index in [-0.39, 0.29) is 37.1 Å². The number of benzene rings is 2. The highest BCUT2D eigenvalue weighted by Gasteiger charge is 2.26. The molecule has 4 rings (SSSR count). The second-order valence-corrected chi connectivity index (χ2v) is 7.51. The Labute approximate surface area is 165 Å². The van der Waals surface area contributed by atoms with E-state index < -0.39 is 0 Å². The Morgan fingerprint density at radius 2 is 1.89 bits per heavy atom. The van der Waals surface area contributed by atoms with Crippen LogP contribution in [0, 0.1) is 0 Å². The molecule has 3 amide bonds. The van der Waals surface area contributed by atoms with Crippen molar-refractivity contribution < 1.29 is 14.4 Å². The average Bonchev–Trinajstić information content (AvgIpc) is 3.12. The number of hydrogen-bond acceptors (Lipinski definition) is 5. The minimum Gasteiger partial charge on any atom is -0.350 e. The van der Waals surface area contributed by atoms with Gasteiger partial charge in [-0.25, -0.2) is 4.98 Å². The predicted octanol–water partition coefficient (Wildman–Crippen LogP) is 2.68. The van der Waals surface area contributed by atoms with Crippen molar-refractivity contribution in [2.75, 3.05) is 16.8 Å². The summed E-state index contributed by atoms with van der Waals surface area (Å²) in [6, 6.07) is 14.9. The van der Waals surface area contributed by atoms with Crippen LogP contribution in [0.4, 0.5) is 11.4 Å². The fourth-order valence-electron chi connectivity index (χ4n) is 3.07. The van der Waals surface area contributed by atoms with Crippen molar-refractivity contribution in [1.29, 1.82) is 0 Å². The summed E-state index contributed by atoms with van der Waals surface area (Å²) in [4.78, 5) is 42.4. The summed E-state index contributed by atoms with van der Waals surface area (Å²) in [5.41, 5.74) is 2.17. The average molecular weight is 394 g/mol. The minimum atomic E-state index is -0.252. The second kappa shape index (κ2) is 7.77. The van der Waals surface area contributed by atoms with Crippen LogP contribution in [0.15, 0.2) is 48.5 Å². The Morgan fingerprint density at radius 1 is 1.11 bits per heavy atom. The lowest BCUT2D eigenvalue weighted by Gasteiger charge is -2.29. The van der Waals surface area contributed by atoms with Gasteiger partial charge in [0, 0.05) is 12.8 Å². The van der Waals surface area contributed by atoms with Gasteiger partial charge in [0.05, 0.1) is 28.1 Å². The first-order valence-electron chi connectivity index (χ1n) is 8.90. The first-order valence-corrected chi connectivity index (χ1v) is 9.72. The molecule has 0 fully saturated rings. The van der Waals surface area contributed by atoms with Gasteiger partial charge in [-0.3, -0.25) is 14.4 Å². The Morgan fingerprint density at radius 3 is 2.75 bits per heavy atom. The van der Waals surface area contributed by atoms with Gasteiger partial charge in [-0.05, 0) is 24.3 Å². The van der Waals surface area contributed by atoms with E-state index in [0.717, 1.165) is 15.2 Å². The van der Waals surface area contributed by atoms with Crippen molar-refractivity contribution in [3.05, 3.63) is 53.5 Å². The molecule has 3 aromatic rings. The Bertz CT molecular complexity index is 1030. The number of nitrogens with zero attached hydrogens (tertiary/aromatic N) is 2. The van der Waals surface area contributed by atoms with Crippen LogP contribution >= 0.6 is 11.3 Å². The maximum Gasteiger partial charge on any atom is 0.244 e. The fourth-order valence-corrected chi connectivity index (χ4v) is 3.98. The van der Waals surface area contributed by atoms with E-state index in [9.17, 15) is 14.4 Å². The van der Waals surface area contributed by atoms with E-state index in [4.69, 9.17) is 0 Å². The van der Waals surface area contributed by atoms with E-state index in [1.165, 1.54) is 16.2 Å². The molecule has 0 unspecified atom stereocenters. The molecule has 0 aliphatic carbocycles. The summed E-state index contributed by atoms with van der Waals surface area (Å²) in [5, 5.41) is 6.37. The van der Waals surface area contributed by atoms with Crippen LogP contribution in [0.5, 0.6) is 0 Å². The van der Waals surface area contributed by atoms with Gasteiger partial charge in [0.15, 0.2) is 0 Å². The number of carbonyl (C=O) groups is 3. The molecule has 2 aromatic carbocycles. The number of para-hydroxylation sites is 3. The first-order chi connectivity index (χ1) is 13.6. The van der Waals surface area contributed by atoms with Gasteiger partial charge in [0.1, 0.15) is 11.6 Å². The molecule has 1 aliphatic heterocycles. The monoisotopic (exact) mass is 394 g/mol. The molecule has 1 aliphatic rings. The van der Waals surface area contributed by atoms with Crippen LogP contribution in [0.1, 0.15) is 17.8 Å². The smallest absolute Gasteiger partial charge is 0.244 e. The molecule has 2 N–H and O–H groups in total. The van der Waals surface area contributed by atoms with E-state index in [0.29, 0.717) is 17.9 Å². The Hall–Kier alpha value is -3.26. The van der Waals surface area contributed by atoms with Crippen molar-refractivity contribution in [3.8, 4) is 0 Å². The minimum absolute atomic E-state index is 0.0350. The third-order valence-corrected chi connectivity index (χ3v) is 5.45. The number of thiazole rings is 1. The zero-order chi connectivity index (χ0) is 19.5. The lowest BCUT2D eigenvalue weighted by Crippen LogP contribution is -2.42. The Balaban J connectivity index is 1.32. The SMILES string of the molecule is O=C(CCC(=O)N1CC(=O)Nc2ccccc21)NCc1nc2ccccc2s1. The summed E-state index contributed by atoms with van der Waals surface area (Å²) in [5.74, 6) is -0.716. The molecule has 2 heterocycles. The number of amides is 3. The van der Waals surface area contributed by atoms with Gasteiger partial charge in [-0.1, -0.05) is 24.3 Å². The highest BCUT2D eigenvalue weighted by molar-refractivity contribution is 7.18. The summed E-state index contributed by atoms with van der Waals surface area (Å²) in [7, 11) is 0. The maximum absolute atomic E-state index is 12.6. The van der Waals surface area contributed by atoms with Crippen molar-refractivity contribution in [1.82, 2.24) is 10.3 Å². The number of rotatable bonds is 5. The zero-order valence-corrected chi connectivity index (χ0v) is 15.8. The molecule has 0 saturated heterocycles. The largest absolute Gasteiger partial charge is 0.350 e. The molecule has 7 nitrogen and oxygen atoms in total. The van der Waals surface area contributed by atoms with Crippen LogP contribution in [0.3, 0.4) is 0 Å². The Kier molecular flexibility index (Phi) is 5.03. The molecule has 0 saturated carbocycles. The number of fused-ring (bicyclic) bond motifs is 2. The molecule has 8 heteroatoms. The van der Waals surface area contributed by atoms with Crippen molar-refractivity contribution in [2.24, 2.45) is 0 Å². The van der Waals surface area contributed by atoms with Gasteiger partial charge < -0.3 is 15.5 Å². The van der Waals surface area contributed by atoms with Crippen LogP contribution in [0.25, 0.3) is 10.2 Å². The van der Waals surface area contributed by atoms with Crippen molar-refractivity contribution in [3.63, 3.8) is 0 Å². The second-order valence-electron chi connectivity index (χ2n) is 6.40. The van der Waals surface area contributed by atoms with Gasteiger partial charge in [0.2, 0.25) is 17.7 Å². The van der Waals surface area contributed by atoms with Gasteiger partial charge in [-0.2, -0.15) is 0 Å². The quantitative estimate of drug-likeness (QED) is 0.696. The number of aromatic nitrogens is 1. The molecule has 28 heavy (non-hydrogen) atoms. The van der Waals surface area contributed by atoms with E-state index in [1.54, 1.807) is 24.3 Å². The lowest BCUT2D eigenvalue weighted by atomic mass is 10.1. The topological polar surface area (TPSA) is 91.4 Å². The van der Waals surface area contributed by atoms with Crippen LogP contribution < -0.4 is 15.5 Å². The normalized spacial score (nSPS) is 13.1. The van der Waals surface area contributed by atoms with Crippen LogP contribution in [0.2, 0.25) is 0 Å². The first kappa shape index (κ1) is 18.1. The highest BCUT2D eigenvalue weighted by Crippen LogP contribution is 2.29. The summed E-state index contributed by atoms with van der Waals surface area (Å²) in [6.07, 6.45) is 0.0946. The predicted molar refractivity (Wildman–Crippen MR) is 108 cm³/mol. The molecular weight excluding hydrogens is 376 g/mol. The van der Waals surface area contributed by atoms with Gasteiger partial charge in [0.25, 0.3) is 0 Å². The molecular formula is C20H18N4O3S. The van der Waals surface area contributed by atoms with E-state index in [2.05, 4.69) is 15.6 Å². The van der Waals surface area contributed by atoms with Gasteiger partial charge >= 0.3 is 0 Å². The van der Waals surface area contributed by atoms with E-state index in [1.807, 2.05) is 24.3 Å². The maximum atomic E-state index is 12.6. The number of anilines is 2. The summed E-state index contributed by atoms with van der Waals surface area (Å²) < 4.78 is 1.07. The standard InChI is InChI=1S/C20H18N4O3S/c25-17(21-11-19-23-14-6-2-4-8-16(14)28-19)9-10-20(27)24-12-18(26)22-13-5-1-3-7-15(13)24/h1-8H,9-12H2,(H,21,25)(H,22,26). The molecule has 1 aromatic heterocycles. The summed E-state index contributed by atoms with van der Waals surface area (Å²) >= 11 is 1.53. The highest BCUT2D eigenvalue weighted by atomic mass is 32.1. The number of hydrogen-bond donors (Lipinski definition) is 2. The molecule has 0 radical (unpaired) electrons. The molecule has 0 bridgehead atoms. The third-order valence-electron chi connectivity index (χ3n) is 4.41. The fraction of sp³-hybridized carbons (Fsp3) is 0.200. The molecule has 0 atom stereocenters. The zero-order valence-electron chi connectivity index (χ0n) is 15.0. The summed E-state index contributed by atoms with van der Waals surface area (Å²) in [6.45, 7) is 0.296. The third kappa shape index (κ3) is 3.86. The van der Waals surface area contributed by atoms with Crippen LogP contribution in [-0.4, -0.2) is 29.3 Å². The van der Waals surface area contributed by atoms with Crippen LogP contribution in [-0.2, 0) is 20.9 Å². The van der Waals surface area contributed by atoms with E-state index >= 15 is 0 Å². The number of carbonyl (C=O) groups excluding carboxylic acids is 3. The van der Waals surface area contributed by atoms with Gasteiger partial charge in [-0.15, -0.1) is 11.3 Å². The van der Waals surface area contributed by atoms with Crippen molar-refractivity contribution >= 4 is 50.6 Å². The lowest BCUT2D eigenvalue weighted by molar-refractivity contribution is -0.125.